The summed E-state index contributed by atoms with van der Waals surface area (Å²) in [4.78, 5) is 11.8. The van der Waals surface area contributed by atoms with Gasteiger partial charge in [-0.2, -0.15) is 13.2 Å². The molecule has 0 amide bonds. The second-order valence-electron chi connectivity index (χ2n) is 5.86. The average molecular weight is 461 g/mol. The molecule has 0 N–H and O–H groups in total. The van der Waals surface area contributed by atoms with E-state index in [1.54, 1.807) is 41.0 Å². The molecule has 3 rings (SSSR count). The lowest BCUT2D eigenvalue weighted by Gasteiger charge is -2.09. The molecule has 0 saturated carbocycles. The lowest BCUT2D eigenvalue weighted by molar-refractivity contribution is -0.0884. The minimum absolute atomic E-state index is 0.263. The van der Waals surface area contributed by atoms with Gasteiger partial charge in [-0.05, 0) is 36.8 Å². The molecule has 142 valence electrons. The number of ether oxygens (including phenoxy) is 1. The number of fused-ring (bicyclic) bond motifs is 1. The van der Waals surface area contributed by atoms with Crippen LogP contribution in [-0.4, -0.2) is 23.1 Å². The number of benzene rings is 2. The van der Waals surface area contributed by atoms with Crippen molar-refractivity contribution in [3.8, 4) is 5.75 Å². The minimum atomic E-state index is -4.92. The van der Waals surface area contributed by atoms with Gasteiger partial charge in [0.2, 0.25) is 0 Å². The molecule has 1 aromatic heterocycles. The molecule has 0 spiro atoms. The first kappa shape index (κ1) is 19.8. The zero-order chi connectivity index (χ0) is 19.6. The van der Waals surface area contributed by atoms with Crippen LogP contribution in [0.1, 0.15) is 16.8 Å². The Morgan fingerprint density at radius 1 is 1.19 bits per heavy atom. The molecule has 27 heavy (non-hydrogen) atoms. The molecular formula is C19H14BrClF3NO2. The van der Waals surface area contributed by atoms with Gasteiger partial charge >= 0.3 is 6.18 Å². The number of aromatic nitrogens is 1. The van der Waals surface area contributed by atoms with Crippen LogP contribution in [0.15, 0.2) is 53.1 Å². The van der Waals surface area contributed by atoms with Crippen LogP contribution in [0.5, 0.6) is 5.75 Å². The monoisotopic (exact) mass is 459 g/mol. The fourth-order valence-corrected chi connectivity index (χ4v) is 3.32. The Morgan fingerprint density at radius 2 is 1.93 bits per heavy atom. The molecule has 0 atom stereocenters. The third-order valence-corrected chi connectivity index (χ3v) is 4.79. The van der Waals surface area contributed by atoms with Crippen molar-refractivity contribution in [3.05, 3.63) is 63.7 Å². The zero-order valence-corrected chi connectivity index (χ0v) is 16.2. The van der Waals surface area contributed by atoms with E-state index < -0.39 is 12.0 Å². The highest BCUT2D eigenvalue weighted by Gasteiger charge is 2.40. The number of hydrogen-bond donors (Lipinski definition) is 0. The molecule has 1 heterocycles. The molecule has 0 bridgehead atoms. The number of halogens is 5. The first-order valence-electron chi connectivity index (χ1n) is 8.04. The van der Waals surface area contributed by atoms with Crippen molar-refractivity contribution in [3.63, 3.8) is 0 Å². The molecule has 3 aromatic rings. The van der Waals surface area contributed by atoms with Gasteiger partial charge in [0, 0.05) is 28.1 Å². The topological polar surface area (TPSA) is 31.2 Å². The maximum Gasteiger partial charge on any atom is 0.454 e. The summed E-state index contributed by atoms with van der Waals surface area (Å²) >= 11 is 9.25. The summed E-state index contributed by atoms with van der Waals surface area (Å²) in [6.45, 7) is 0.732. The Kier molecular flexibility index (Phi) is 5.81. The summed E-state index contributed by atoms with van der Waals surface area (Å²) in [7, 11) is 0. The number of alkyl halides is 3. The van der Waals surface area contributed by atoms with Crippen molar-refractivity contribution in [1.82, 2.24) is 4.57 Å². The Balaban J connectivity index is 1.78. The van der Waals surface area contributed by atoms with Crippen molar-refractivity contribution in [2.45, 2.75) is 19.1 Å². The van der Waals surface area contributed by atoms with Crippen LogP contribution in [0.25, 0.3) is 10.9 Å². The Morgan fingerprint density at radius 3 is 2.63 bits per heavy atom. The summed E-state index contributed by atoms with van der Waals surface area (Å²) in [5.41, 5.74) is 0.203. The molecule has 0 unspecified atom stereocenters. The number of rotatable bonds is 6. The van der Waals surface area contributed by atoms with Crippen molar-refractivity contribution in [2.24, 2.45) is 0 Å². The highest BCUT2D eigenvalue weighted by molar-refractivity contribution is 9.10. The van der Waals surface area contributed by atoms with Crippen molar-refractivity contribution in [1.29, 1.82) is 0 Å². The van der Waals surface area contributed by atoms with Crippen LogP contribution in [0.4, 0.5) is 13.2 Å². The largest absolute Gasteiger partial charge is 0.492 e. The van der Waals surface area contributed by atoms with E-state index in [9.17, 15) is 18.0 Å². The van der Waals surface area contributed by atoms with Gasteiger partial charge in [0.05, 0.1) is 17.2 Å². The number of ketones is 1. The first-order chi connectivity index (χ1) is 12.8. The van der Waals surface area contributed by atoms with Gasteiger partial charge in [0.15, 0.2) is 0 Å². The maximum absolute atomic E-state index is 12.9. The summed E-state index contributed by atoms with van der Waals surface area (Å²) in [6.07, 6.45) is -3.14. The third kappa shape index (κ3) is 4.47. The molecule has 0 radical (unpaired) electrons. The molecule has 0 saturated heterocycles. The molecular weight excluding hydrogens is 447 g/mol. The van der Waals surface area contributed by atoms with Crippen LogP contribution in [0.3, 0.4) is 0 Å². The van der Waals surface area contributed by atoms with E-state index in [4.69, 9.17) is 16.3 Å². The van der Waals surface area contributed by atoms with Crippen molar-refractivity contribution < 1.29 is 22.7 Å². The van der Waals surface area contributed by atoms with E-state index in [0.29, 0.717) is 40.3 Å². The van der Waals surface area contributed by atoms with Crippen LogP contribution in [-0.2, 0) is 6.54 Å². The highest BCUT2D eigenvalue weighted by atomic mass is 79.9. The second kappa shape index (κ2) is 7.94. The zero-order valence-electron chi connectivity index (χ0n) is 13.9. The molecule has 0 fully saturated rings. The predicted octanol–water partition coefficient (Wildman–Crippen LogP) is 6.27. The minimum Gasteiger partial charge on any atom is -0.492 e. The fourth-order valence-electron chi connectivity index (χ4n) is 2.77. The summed E-state index contributed by atoms with van der Waals surface area (Å²) in [6, 6.07) is 12.0. The standard InChI is InChI=1S/C19H14BrClF3NO2/c20-12-6-7-16-13(10-12)14(18(26)19(22,23)24)11-25(16)8-3-9-27-17-5-2-1-4-15(17)21/h1-2,4-7,10-11H,3,8-9H2. The maximum atomic E-state index is 12.9. The van der Waals surface area contributed by atoms with Gasteiger partial charge in [0.25, 0.3) is 5.78 Å². The van der Waals surface area contributed by atoms with E-state index in [0.717, 1.165) is 0 Å². The Bertz CT molecular complexity index is 985. The van der Waals surface area contributed by atoms with Crippen LogP contribution in [0.2, 0.25) is 5.02 Å². The molecule has 3 nitrogen and oxygen atoms in total. The van der Waals surface area contributed by atoms with Crippen LogP contribution >= 0.6 is 27.5 Å². The van der Waals surface area contributed by atoms with Gasteiger partial charge in [-0.15, -0.1) is 0 Å². The highest BCUT2D eigenvalue weighted by Crippen LogP contribution is 2.31. The number of hydrogen-bond acceptors (Lipinski definition) is 2. The van der Waals surface area contributed by atoms with Crippen LogP contribution < -0.4 is 4.74 Å². The van der Waals surface area contributed by atoms with E-state index in [1.165, 1.54) is 12.3 Å². The third-order valence-electron chi connectivity index (χ3n) is 3.98. The number of aryl methyl sites for hydroxylation is 1. The Hall–Kier alpha value is -1.99. The number of Topliss-reactive ketones (excluding diaryl/α,β-unsaturated/α-hetero) is 1. The van der Waals surface area contributed by atoms with Gasteiger partial charge in [-0.3, -0.25) is 4.79 Å². The quantitative estimate of drug-likeness (QED) is 0.321. The molecule has 0 aliphatic heterocycles. The molecule has 0 aliphatic carbocycles. The van der Waals surface area contributed by atoms with Gasteiger partial charge in [0.1, 0.15) is 5.75 Å². The number of carbonyl (C=O) groups is 1. The normalized spacial score (nSPS) is 11.7. The van der Waals surface area contributed by atoms with E-state index in [-0.39, 0.29) is 10.9 Å². The average Bonchev–Trinajstić information content (AvgIpc) is 2.96. The molecule has 0 aliphatic rings. The lowest BCUT2D eigenvalue weighted by Crippen LogP contribution is -2.22. The summed E-state index contributed by atoms with van der Waals surface area (Å²) in [5.74, 6) is -1.30. The predicted molar refractivity (Wildman–Crippen MR) is 102 cm³/mol. The number of para-hydroxylation sites is 1. The first-order valence-corrected chi connectivity index (χ1v) is 9.21. The second-order valence-corrected chi connectivity index (χ2v) is 7.18. The smallest absolute Gasteiger partial charge is 0.454 e. The van der Waals surface area contributed by atoms with Gasteiger partial charge in [-0.1, -0.05) is 39.7 Å². The van der Waals surface area contributed by atoms with Gasteiger partial charge in [-0.25, -0.2) is 0 Å². The van der Waals surface area contributed by atoms with E-state index >= 15 is 0 Å². The SMILES string of the molecule is O=C(c1cn(CCCOc2ccccc2Cl)c2ccc(Br)cc12)C(F)(F)F. The van der Waals surface area contributed by atoms with Crippen LogP contribution in [0, 0.1) is 0 Å². The van der Waals surface area contributed by atoms with Gasteiger partial charge < -0.3 is 9.30 Å². The number of nitrogens with zero attached hydrogens (tertiary/aromatic N) is 1. The van der Waals surface area contributed by atoms with Crippen molar-refractivity contribution in [2.75, 3.05) is 6.61 Å². The Labute approximate surface area is 166 Å². The summed E-state index contributed by atoms with van der Waals surface area (Å²) in [5, 5.41) is 0.755. The molecule has 8 heteroatoms. The van der Waals surface area contributed by atoms with E-state index in [1.807, 2.05) is 0 Å². The number of carbonyl (C=O) groups excluding carboxylic acids is 1. The molecule has 2 aromatic carbocycles. The van der Waals surface area contributed by atoms with Crippen molar-refractivity contribution >= 4 is 44.2 Å². The fraction of sp³-hybridized carbons (Fsp3) is 0.211. The van der Waals surface area contributed by atoms with E-state index in [2.05, 4.69) is 15.9 Å². The lowest BCUT2D eigenvalue weighted by atomic mass is 10.1. The summed E-state index contributed by atoms with van der Waals surface area (Å²) < 4.78 is 46.5.